The van der Waals surface area contributed by atoms with Crippen molar-refractivity contribution < 1.29 is 34.5 Å². The maximum absolute atomic E-state index is 11.6. The Bertz CT molecular complexity index is 369. The molecule has 0 aliphatic carbocycles. The molecule has 5 N–H and O–H groups in total. The van der Waals surface area contributed by atoms with Crippen LogP contribution in [-0.2, 0) is 19.2 Å². The lowest BCUT2D eigenvalue weighted by Gasteiger charge is -2.19. The van der Waals surface area contributed by atoms with Gasteiger partial charge in [0.1, 0.15) is 12.1 Å². The molecule has 0 aromatic heterocycles. The SMILES string of the molecule is CC(=O)N[C@@H](CO)C(=O)N[C@H](CCC(=O)O)C(=O)O. The van der Waals surface area contributed by atoms with E-state index in [1.54, 1.807) is 0 Å². The number of nitrogens with one attached hydrogen (secondary N) is 2. The molecule has 9 nitrogen and oxygen atoms in total. The molecule has 0 aliphatic heterocycles. The van der Waals surface area contributed by atoms with Crippen molar-refractivity contribution in [3.05, 3.63) is 0 Å². The number of hydrogen-bond acceptors (Lipinski definition) is 5. The first-order valence-corrected chi connectivity index (χ1v) is 5.40. The first-order chi connectivity index (χ1) is 8.77. The summed E-state index contributed by atoms with van der Waals surface area (Å²) in [5, 5.41) is 30.3. The smallest absolute Gasteiger partial charge is 0.326 e. The maximum atomic E-state index is 11.6. The van der Waals surface area contributed by atoms with Gasteiger partial charge < -0.3 is 26.0 Å². The second-order valence-electron chi connectivity index (χ2n) is 3.77. The van der Waals surface area contributed by atoms with Crippen LogP contribution in [0.1, 0.15) is 19.8 Å². The van der Waals surface area contributed by atoms with Gasteiger partial charge in [0.05, 0.1) is 6.61 Å². The second-order valence-corrected chi connectivity index (χ2v) is 3.77. The van der Waals surface area contributed by atoms with Crippen molar-refractivity contribution in [2.24, 2.45) is 0 Å². The van der Waals surface area contributed by atoms with E-state index in [1.807, 2.05) is 0 Å². The molecule has 0 aromatic carbocycles. The Morgan fingerprint density at radius 3 is 2.00 bits per heavy atom. The zero-order valence-corrected chi connectivity index (χ0v) is 10.3. The Kier molecular flexibility index (Phi) is 7.12. The minimum atomic E-state index is -1.40. The summed E-state index contributed by atoms with van der Waals surface area (Å²) in [6, 6.07) is -2.67. The molecule has 0 fully saturated rings. The molecule has 0 rings (SSSR count). The van der Waals surface area contributed by atoms with Gasteiger partial charge in [0.25, 0.3) is 0 Å². The van der Waals surface area contributed by atoms with Crippen LogP contribution in [0.15, 0.2) is 0 Å². The van der Waals surface area contributed by atoms with Crippen molar-refractivity contribution in [1.29, 1.82) is 0 Å². The molecule has 0 bridgehead atoms. The van der Waals surface area contributed by atoms with E-state index in [9.17, 15) is 19.2 Å². The fourth-order valence-electron chi connectivity index (χ4n) is 1.24. The van der Waals surface area contributed by atoms with Crippen LogP contribution in [0.4, 0.5) is 0 Å². The van der Waals surface area contributed by atoms with Crippen molar-refractivity contribution in [2.45, 2.75) is 31.8 Å². The molecule has 0 aliphatic rings. The van der Waals surface area contributed by atoms with Crippen LogP contribution in [0, 0.1) is 0 Å². The number of hydrogen-bond donors (Lipinski definition) is 5. The molecule has 0 unspecified atom stereocenters. The second kappa shape index (κ2) is 8.03. The van der Waals surface area contributed by atoms with Gasteiger partial charge in [-0.25, -0.2) is 4.79 Å². The van der Waals surface area contributed by atoms with E-state index in [4.69, 9.17) is 15.3 Å². The van der Waals surface area contributed by atoms with Crippen LogP contribution in [0.25, 0.3) is 0 Å². The van der Waals surface area contributed by atoms with Gasteiger partial charge in [-0.3, -0.25) is 14.4 Å². The van der Waals surface area contributed by atoms with E-state index >= 15 is 0 Å². The molecule has 108 valence electrons. The highest BCUT2D eigenvalue weighted by atomic mass is 16.4. The van der Waals surface area contributed by atoms with Gasteiger partial charge in [-0.05, 0) is 6.42 Å². The van der Waals surface area contributed by atoms with E-state index in [-0.39, 0.29) is 6.42 Å². The third kappa shape index (κ3) is 6.99. The van der Waals surface area contributed by atoms with Crippen LogP contribution in [0.5, 0.6) is 0 Å². The van der Waals surface area contributed by atoms with E-state index in [0.717, 1.165) is 6.92 Å². The largest absolute Gasteiger partial charge is 0.481 e. The highest BCUT2D eigenvalue weighted by Crippen LogP contribution is 1.99. The number of carboxylic acid groups (broad SMARTS) is 2. The number of aliphatic carboxylic acids is 2. The fraction of sp³-hybridized carbons (Fsp3) is 0.600. The van der Waals surface area contributed by atoms with Crippen LogP contribution in [-0.4, -0.2) is 57.8 Å². The summed E-state index contributed by atoms with van der Waals surface area (Å²) in [5.41, 5.74) is 0. The van der Waals surface area contributed by atoms with Crippen molar-refractivity contribution in [1.82, 2.24) is 10.6 Å². The number of carbonyl (C=O) groups is 4. The summed E-state index contributed by atoms with van der Waals surface area (Å²) in [7, 11) is 0. The van der Waals surface area contributed by atoms with Gasteiger partial charge in [-0.2, -0.15) is 0 Å². The highest BCUT2D eigenvalue weighted by molar-refractivity contribution is 5.90. The summed E-state index contributed by atoms with van der Waals surface area (Å²) < 4.78 is 0. The van der Waals surface area contributed by atoms with Gasteiger partial charge in [0.15, 0.2) is 0 Å². The van der Waals surface area contributed by atoms with Crippen LogP contribution in [0.3, 0.4) is 0 Å². The monoisotopic (exact) mass is 276 g/mol. The number of aliphatic hydroxyl groups excluding tert-OH is 1. The van der Waals surface area contributed by atoms with Crippen LogP contribution in [0.2, 0.25) is 0 Å². The minimum Gasteiger partial charge on any atom is -0.481 e. The Morgan fingerprint density at radius 1 is 1.05 bits per heavy atom. The Hall–Kier alpha value is -2.16. The Labute approximate surface area is 108 Å². The summed E-state index contributed by atoms with van der Waals surface area (Å²) in [6.45, 7) is 0.436. The van der Waals surface area contributed by atoms with Gasteiger partial charge in [-0.15, -0.1) is 0 Å². The van der Waals surface area contributed by atoms with Crippen LogP contribution >= 0.6 is 0 Å². The van der Waals surface area contributed by atoms with Gasteiger partial charge in [-0.1, -0.05) is 0 Å². The summed E-state index contributed by atoms with van der Waals surface area (Å²) in [4.78, 5) is 43.5. The van der Waals surface area contributed by atoms with E-state index < -0.39 is 48.9 Å². The molecule has 0 heterocycles. The molecule has 0 saturated heterocycles. The predicted octanol–water partition coefficient (Wildman–Crippen LogP) is -2.08. The molecule has 0 saturated carbocycles. The number of carbonyl (C=O) groups excluding carboxylic acids is 2. The highest BCUT2D eigenvalue weighted by Gasteiger charge is 2.25. The Balaban J connectivity index is 4.55. The van der Waals surface area contributed by atoms with Crippen molar-refractivity contribution in [2.75, 3.05) is 6.61 Å². The molecule has 2 amide bonds. The van der Waals surface area contributed by atoms with Gasteiger partial charge >= 0.3 is 11.9 Å². The summed E-state index contributed by atoms with van der Waals surface area (Å²) in [6.07, 6.45) is -0.726. The molecule has 0 spiro atoms. The minimum absolute atomic E-state index is 0.297. The van der Waals surface area contributed by atoms with Crippen molar-refractivity contribution in [3.8, 4) is 0 Å². The zero-order valence-electron chi connectivity index (χ0n) is 10.3. The lowest BCUT2D eigenvalue weighted by Crippen LogP contribution is -2.52. The standard InChI is InChI=1S/C10H16N2O7/c1-5(14)11-7(4-13)9(17)12-6(10(18)19)2-3-8(15)16/h6-7,13H,2-4H2,1H3,(H,11,14)(H,12,17)(H,15,16)(H,18,19)/t6-,7+/m1/s1. The lowest BCUT2D eigenvalue weighted by atomic mass is 10.1. The zero-order chi connectivity index (χ0) is 15.0. The topological polar surface area (TPSA) is 153 Å². The number of amides is 2. The number of rotatable bonds is 8. The van der Waals surface area contributed by atoms with Crippen LogP contribution < -0.4 is 10.6 Å². The van der Waals surface area contributed by atoms with Crippen molar-refractivity contribution >= 4 is 23.8 Å². The molecule has 9 heteroatoms. The summed E-state index contributed by atoms with van der Waals surface area (Å²) in [5.74, 6) is -4.04. The maximum Gasteiger partial charge on any atom is 0.326 e. The average Bonchev–Trinajstić information content (AvgIpc) is 2.30. The quantitative estimate of drug-likeness (QED) is 0.341. The number of aliphatic hydroxyl groups is 1. The predicted molar refractivity (Wildman–Crippen MR) is 61.1 cm³/mol. The molecule has 0 aromatic rings. The van der Waals surface area contributed by atoms with Gasteiger partial charge in [0, 0.05) is 13.3 Å². The fourth-order valence-corrected chi connectivity index (χ4v) is 1.24. The van der Waals surface area contributed by atoms with E-state index in [0.29, 0.717) is 0 Å². The van der Waals surface area contributed by atoms with E-state index in [2.05, 4.69) is 10.6 Å². The number of carboxylic acids is 2. The third-order valence-corrected chi connectivity index (χ3v) is 2.14. The molecule has 19 heavy (non-hydrogen) atoms. The molecule has 2 atom stereocenters. The average molecular weight is 276 g/mol. The normalized spacial score (nSPS) is 13.2. The Morgan fingerprint density at radius 2 is 1.63 bits per heavy atom. The first-order valence-electron chi connectivity index (χ1n) is 5.40. The van der Waals surface area contributed by atoms with Crippen molar-refractivity contribution in [3.63, 3.8) is 0 Å². The third-order valence-electron chi connectivity index (χ3n) is 2.14. The van der Waals surface area contributed by atoms with Gasteiger partial charge in [0.2, 0.25) is 11.8 Å². The van der Waals surface area contributed by atoms with E-state index in [1.165, 1.54) is 0 Å². The molecular formula is C10H16N2O7. The molecule has 0 radical (unpaired) electrons. The first kappa shape index (κ1) is 16.8. The lowest BCUT2D eigenvalue weighted by molar-refractivity contribution is -0.143. The summed E-state index contributed by atoms with van der Waals surface area (Å²) >= 11 is 0. The molecular weight excluding hydrogens is 260 g/mol.